The van der Waals surface area contributed by atoms with Crippen LogP contribution < -0.4 is 15.8 Å². The molecule has 0 bridgehead atoms. The number of nitrogens with zero attached hydrogens (tertiary/aromatic N) is 1. The number of anilines is 1. The topological polar surface area (TPSA) is 85.9 Å². The SMILES string of the molecule is CC(O/N=C(\N)c1ccc(F)cc1)C(=O)Nc1ccccc1OC(F)F. The monoisotopic (exact) mass is 367 g/mol. The average molecular weight is 367 g/mol. The number of hydrogen-bond donors (Lipinski definition) is 2. The third kappa shape index (κ3) is 5.40. The van der Waals surface area contributed by atoms with Crippen LogP contribution in [0.15, 0.2) is 53.7 Å². The molecule has 1 unspecified atom stereocenters. The fourth-order valence-electron chi connectivity index (χ4n) is 1.86. The summed E-state index contributed by atoms with van der Waals surface area (Å²) in [5.74, 6) is -1.31. The van der Waals surface area contributed by atoms with Crippen molar-refractivity contribution < 1.29 is 27.5 Å². The van der Waals surface area contributed by atoms with E-state index in [9.17, 15) is 18.0 Å². The number of hydrogen-bond acceptors (Lipinski definition) is 4. The highest BCUT2D eigenvalue weighted by Gasteiger charge is 2.18. The number of carbonyl (C=O) groups is 1. The molecule has 0 fully saturated rings. The van der Waals surface area contributed by atoms with Crippen molar-refractivity contribution in [2.24, 2.45) is 10.9 Å². The molecule has 9 heteroatoms. The van der Waals surface area contributed by atoms with Gasteiger partial charge in [-0.3, -0.25) is 4.79 Å². The molecule has 0 radical (unpaired) electrons. The number of halogens is 3. The Balaban J connectivity index is 1.99. The van der Waals surface area contributed by atoms with E-state index in [1.807, 2.05) is 0 Å². The maximum Gasteiger partial charge on any atom is 0.387 e. The number of alkyl halides is 2. The van der Waals surface area contributed by atoms with Crippen LogP contribution in [0.3, 0.4) is 0 Å². The molecule has 138 valence electrons. The van der Waals surface area contributed by atoms with Gasteiger partial charge in [-0.2, -0.15) is 8.78 Å². The van der Waals surface area contributed by atoms with Crippen molar-refractivity contribution in [3.05, 3.63) is 59.9 Å². The quantitative estimate of drug-likeness (QED) is 0.447. The molecule has 0 heterocycles. The van der Waals surface area contributed by atoms with Gasteiger partial charge in [0.1, 0.15) is 11.6 Å². The Morgan fingerprint density at radius 1 is 1.15 bits per heavy atom. The lowest BCUT2D eigenvalue weighted by atomic mass is 10.2. The summed E-state index contributed by atoms with van der Waals surface area (Å²) in [5, 5.41) is 6.02. The molecule has 0 saturated heterocycles. The summed E-state index contributed by atoms with van der Waals surface area (Å²) in [7, 11) is 0. The summed E-state index contributed by atoms with van der Waals surface area (Å²) in [5.41, 5.74) is 6.16. The zero-order valence-electron chi connectivity index (χ0n) is 13.7. The van der Waals surface area contributed by atoms with Crippen LogP contribution in [0.5, 0.6) is 5.75 Å². The van der Waals surface area contributed by atoms with Crippen molar-refractivity contribution >= 4 is 17.4 Å². The second-order valence-electron chi connectivity index (χ2n) is 5.09. The van der Waals surface area contributed by atoms with Crippen molar-refractivity contribution in [1.82, 2.24) is 0 Å². The van der Waals surface area contributed by atoms with Gasteiger partial charge in [0, 0.05) is 5.56 Å². The van der Waals surface area contributed by atoms with Gasteiger partial charge in [0.15, 0.2) is 5.84 Å². The van der Waals surface area contributed by atoms with E-state index in [-0.39, 0.29) is 17.3 Å². The number of carbonyl (C=O) groups excluding carboxylic acids is 1. The Bertz CT molecular complexity index is 782. The molecule has 0 aliphatic heterocycles. The van der Waals surface area contributed by atoms with Crippen LogP contribution >= 0.6 is 0 Å². The summed E-state index contributed by atoms with van der Waals surface area (Å²) in [6, 6.07) is 10.9. The minimum atomic E-state index is -3.03. The van der Waals surface area contributed by atoms with Gasteiger partial charge in [0.05, 0.1) is 5.69 Å². The van der Waals surface area contributed by atoms with Crippen LogP contribution in [0.4, 0.5) is 18.9 Å². The predicted molar refractivity (Wildman–Crippen MR) is 89.4 cm³/mol. The highest BCUT2D eigenvalue weighted by molar-refractivity contribution is 5.97. The predicted octanol–water partition coefficient (Wildman–Crippen LogP) is 3.09. The van der Waals surface area contributed by atoms with Gasteiger partial charge < -0.3 is 20.6 Å². The number of amidine groups is 1. The number of benzene rings is 2. The number of amides is 1. The first-order chi connectivity index (χ1) is 12.4. The Morgan fingerprint density at radius 3 is 2.46 bits per heavy atom. The van der Waals surface area contributed by atoms with E-state index < -0.39 is 24.4 Å². The summed E-state index contributed by atoms with van der Waals surface area (Å²) in [6.45, 7) is -1.63. The summed E-state index contributed by atoms with van der Waals surface area (Å²) in [4.78, 5) is 17.1. The number of oxime groups is 1. The smallest absolute Gasteiger partial charge is 0.387 e. The van der Waals surface area contributed by atoms with E-state index in [0.29, 0.717) is 5.56 Å². The van der Waals surface area contributed by atoms with Gasteiger partial charge in [-0.1, -0.05) is 17.3 Å². The lowest BCUT2D eigenvalue weighted by Gasteiger charge is -2.14. The van der Waals surface area contributed by atoms with Gasteiger partial charge >= 0.3 is 6.61 Å². The molecule has 2 rings (SSSR count). The maximum absolute atomic E-state index is 12.9. The van der Waals surface area contributed by atoms with E-state index in [2.05, 4.69) is 15.2 Å². The van der Waals surface area contributed by atoms with Crippen LogP contribution in [-0.2, 0) is 9.63 Å². The first-order valence-electron chi connectivity index (χ1n) is 7.46. The molecule has 2 aromatic carbocycles. The number of nitrogens with one attached hydrogen (secondary N) is 1. The minimum absolute atomic E-state index is 0.0499. The minimum Gasteiger partial charge on any atom is -0.433 e. The summed E-state index contributed by atoms with van der Waals surface area (Å²) >= 11 is 0. The second kappa shape index (κ2) is 8.75. The van der Waals surface area contributed by atoms with E-state index in [0.717, 1.165) is 0 Å². The molecule has 0 saturated carbocycles. The molecule has 0 aromatic heterocycles. The fourth-order valence-corrected chi connectivity index (χ4v) is 1.86. The van der Waals surface area contributed by atoms with E-state index in [1.54, 1.807) is 6.07 Å². The number of rotatable bonds is 7. The Kier molecular flexibility index (Phi) is 6.42. The third-order valence-electron chi connectivity index (χ3n) is 3.18. The van der Waals surface area contributed by atoms with Crippen LogP contribution in [0, 0.1) is 5.82 Å². The third-order valence-corrected chi connectivity index (χ3v) is 3.18. The van der Waals surface area contributed by atoms with E-state index in [1.165, 1.54) is 49.4 Å². The first-order valence-corrected chi connectivity index (χ1v) is 7.46. The molecular weight excluding hydrogens is 351 g/mol. The van der Waals surface area contributed by atoms with Crippen LogP contribution in [0.2, 0.25) is 0 Å². The normalized spacial score (nSPS) is 12.6. The molecule has 0 spiro atoms. The first kappa shape index (κ1) is 19.1. The molecular formula is C17H16F3N3O3. The maximum atomic E-state index is 12.9. The Labute approximate surface area is 147 Å². The van der Waals surface area contributed by atoms with E-state index >= 15 is 0 Å². The zero-order chi connectivity index (χ0) is 19.1. The van der Waals surface area contributed by atoms with Crippen molar-refractivity contribution in [3.8, 4) is 5.75 Å². The average Bonchev–Trinajstić information content (AvgIpc) is 2.61. The molecule has 26 heavy (non-hydrogen) atoms. The second-order valence-corrected chi connectivity index (χ2v) is 5.09. The molecule has 2 aromatic rings. The standard InChI is InChI=1S/C17H16F3N3O3/c1-10(26-23-15(21)11-6-8-12(18)9-7-11)16(24)22-13-4-2-3-5-14(13)25-17(19)20/h2-10,17H,1H3,(H2,21,23)(H,22,24). The Hall–Kier alpha value is -3.23. The summed E-state index contributed by atoms with van der Waals surface area (Å²) in [6.07, 6.45) is -1.08. The Morgan fingerprint density at radius 2 is 1.81 bits per heavy atom. The van der Waals surface area contributed by atoms with Gasteiger partial charge in [-0.25, -0.2) is 4.39 Å². The van der Waals surface area contributed by atoms with Crippen LogP contribution in [0.1, 0.15) is 12.5 Å². The van der Waals surface area contributed by atoms with Gasteiger partial charge in [0.25, 0.3) is 5.91 Å². The van der Waals surface area contributed by atoms with Crippen molar-refractivity contribution in [2.45, 2.75) is 19.6 Å². The highest BCUT2D eigenvalue weighted by Crippen LogP contribution is 2.25. The molecule has 3 N–H and O–H groups in total. The van der Waals surface area contributed by atoms with E-state index in [4.69, 9.17) is 10.6 Å². The van der Waals surface area contributed by atoms with Gasteiger partial charge in [-0.15, -0.1) is 0 Å². The van der Waals surface area contributed by atoms with Crippen molar-refractivity contribution in [1.29, 1.82) is 0 Å². The van der Waals surface area contributed by atoms with Crippen LogP contribution in [0.25, 0.3) is 0 Å². The molecule has 0 aliphatic rings. The van der Waals surface area contributed by atoms with Crippen LogP contribution in [-0.4, -0.2) is 24.5 Å². The highest BCUT2D eigenvalue weighted by atomic mass is 19.3. The number of ether oxygens (including phenoxy) is 1. The van der Waals surface area contributed by atoms with Gasteiger partial charge in [0.2, 0.25) is 6.10 Å². The number of nitrogens with two attached hydrogens (primary N) is 1. The lowest BCUT2D eigenvalue weighted by Crippen LogP contribution is -2.27. The fraction of sp³-hybridized carbons (Fsp3) is 0.176. The summed E-state index contributed by atoms with van der Waals surface area (Å²) < 4.78 is 41.9. The number of para-hydroxylation sites is 2. The molecule has 0 aliphatic carbocycles. The van der Waals surface area contributed by atoms with Crippen molar-refractivity contribution in [3.63, 3.8) is 0 Å². The van der Waals surface area contributed by atoms with Crippen molar-refractivity contribution in [2.75, 3.05) is 5.32 Å². The molecule has 6 nitrogen and oxygen atoms in total. The lowest BCUT2D eigenvalue weighted by molar-refractivity contribution is -0.126. The zero-order valence-corrected chi connectivity index (χ0v) is 13.7. The molecule has 1 atom stereocenters. The molecule has 1 amide bonds. The van der Waals surface area contributed by atoms with Gasteiger partial charge in [-0.05, 0) is 43.3 Å². The largest absolute Gasteiger partial charge is 0.433 e.